The summed E-state index contributed by atoms with van der Waals surface area (Å²) in [4.78, 5) is 21.8. The Morgan fingerprint density at radius 3 is 2.66 bits per heavy atom. The van der Waals surface area contributed by atoms with Gasteiger partial charge < -0.3 is 15.2 Å². The molecule has 8 nitrogen and oxygen atoms in total. The first kappa shape index (κ1) is 26.0. The Labute approximate surface area is 232 Å². The minimum absolute atomic E-state index is 0.131. The summed E-state index contributed by atoms with van der Waals surface area (Å²) in [5, 5.41) is 21.1. The highest BCUT2D eigenvalue weighted by Gasteiger charge is 2.20. The van der Waals surface area contributed by atoms with E-state index in [1.807, 2.05) is 45.2 Å². The van der Waals surface area contributed by atoms with Gasteiger partial charge in [-0.15, -0.1) is 16.4 Å². The lowest BCUT2D eigenvalue weighted by Crippen LogP contribution is -2.14. The van der Waals surface area contributed by atoms with E-state index in [2.05, 4.69) is 20.4 Å². The SMILES string of the molecule is Cc1ccc(C(=O)O)c(-c2nc(NCCOc3nn(C)c(-c4ccccc4Cl)c3C)c3c(Cl)csc3n2)c1. The summed E-state index contributed by atoms with van der Waals surface area (Å²) in [6.07, 6.45) is 0. The first-order valence-corrected chi connectivity index (χ1v) is 13.3. The van der Waals surface area contributed by atoms with Gasteiger partial charge in [0.15, 0.2) is 5.82 Å². The van der Waals surface area contributed by atoms with Crippen LogP contribution in [0, 0.1) is 13.8 Å². The summed E-state index contributed by atoms with van der Waals surface area (Å²) in [6, 6.07) is 12.7. The van der Waals surface area contributed by atoms with E-state index in [1.54, 1.807) is 28.3 Å². The number of carboxylic acids is 1. The highest BCUT2D eigenvalue weighted by atomic mass is 35.5. The number of hydrogen-bond acceptors (Lipinski definition) is 7. The summed E-state index contributed by atoms with van der Waals surface area (Å²) in [7, 11) is 1.85. The first-order valence-electron chi connectivity index (χ1n) is 11.7. The maximum absolute atomic E-state index is 11.8. The molecule has 0 unspecified atom stereocenters. The molecule has 194 valence electrons. The molecule has 0 bridgehead atoms. The van der Waals surface area contributed by atoms with Gasteiger partial charge in [-0.3, -0.25) is 4.68 Å². The molecule has 0 aliphatic carbocycles. The Hall–Kier alpha value is -3.66. The van der Waals surface area contributed by atoms with Gasteiger partial charge in [-0.1, -0.05) is 53.0 Å². The molecule has 0 saturated heterocycles. The topological polar surface area (TPSA) is 102 Å². The van der Waals surface area contributed by atoms with Crippen molar-refractivity contribution in [2.24, 2.45) is 7.05 Å². The number of rotatable bonds is 8. The minimum atomic E-state index is -1.04. The number of hydrogen-bond donors (Lipinski definition) is 2. The number of nitrogens with one attached hydrogen (secondary N) is 1. The van der Waals surface area contributed by atoms with Crippen molar-refractivity contribution in [1.29, 1.82) is 0 Å². The number of carboxylic acid groups (broad SMARTS) is 1. The fourth-order valence-electron chi connectivity index (χ4n) is 4.27. The van der Waals surface area contributed by atoms with Crippen molar-refractivity contribution < 1.29 is 14.6 Å². The van der Waals surface area contributed by atoms with E-state index in [0.29, 0.717) is 56.5 Å². The Bertz CT molecular complexity index is 1680. The zero-order valence-corrected chi connectivity index (χ0v) is 23.1. The molecule has 0 spiro atoms. The largest absolute Gasteiger partial charge is 0.478 e. The number of thiophene rings is 1. The summed E-state index contributed by atoms with van der Waals surface area (Å²) < 4.78 is 7.75. The summed E-state index contributed by atoms with van der Waals surface area (Å²) in [5.74, 6) is 0.285. The molecule has 0 saturated carbocycles. The van der Waals surface area contributed by atoms with Crippen LogP contribution in [0.5, 0.6) is 5.88 Å². The lowest BCUT2D eigenvalue weighted by atomic mass is 10.0. The Morgan fingerprint density at radius 2 is 1.89 bits per heavy atom. The lowest BCUT2D eigenvalue weighted by molar-refractivity contribution is 0.0697. The number of ether oxygens (including phenoxy) is 1. The number of aryl methyl sites for hydroxylation is 2. The van der Waals surface area contributed by atoms with Crippen molar-refractivity contribution >= 4 is 56.5 Å². The number of fused-ring (bicyclic) bond motifs is 1. The zero-order valence-electron chi connectivity index (χ0n) is 20.7. The van der Waals surface area contributed by atoms with Gasteiger partial charge in [0.25, 0.3) is 0 Å². The molecule has 0 fully saturated rings. The summed E-state index contributed by atoms with van der Waals surface area (Å²) in [5.41, 5.74) is 4.13. The van der Waals surface area contributed by atoms with Crippen LogP contribution in [-0.2, 0) is 7.05 Å². The van der Waals surface area contributed by atoms with Crippen LogP contribution in [0.15, 0.2) is 47.8 Å². The van der Waals surface area contributed by atoms with Gasteiger partial charge >= 0.3 is 5.97 Å². The van der Waals surface area contributed by atoms with Gasteiger partial charge in [-0.05, 0) is 32.0 Å². The standard InChI is InChI=1S/C27H23Cl2N5O3S/c1-14-8-9-16(27(35)36)18(12-14)23-31-24(21-20(29)13-38-26(21)32-23)30-10-11-37-25-15(2)22(34(3)33-25)17-6-4-5-7-19(17)28/h4-9,12-13H,10-11H2,1-3H3,(H,35,36)(H,30,31,32). The molecule has 3 heterocycles. The second-order valence-electron chi connectivity index (χ2n) is 8.67. The van der Waals surface area contributed by atoms with Crippen molar-refractivity contribution in [2.45, 2.75) is 13.8 Å². The highest BCUT2D eigenvalue weighted by Crippen LogP contribution is 2.36. The quantitative estimate of drug-likeness (QED) is 0.197. The maximum atomic E-state index is 11.8. The van der Waals surface area contributed by atoms with Crippen LogP contribution < -0.4 is 10.1 Å². The molecular formula is C27H23Cl2N5O3S. The second-order valence-corrected chi connectivity index (χ2v) is 10.3. The van der Waals surface area contributed by atoms with Crippen LogP contribution in [0.4, 0.5) is 5.82 Å². The third-order valence-electron chi connectivity index (χ3n) is 6.04. The zero-order chi connectivity index (χ0) is 27.0. The molecule has 3 aromatic heterocycles. The third-order valence-corrected chi connectivity index (χ3v) is 7.67. The molecule has 38 heavy (non-hydrogen) atoms. The molecule has 0 amide bonds. The predicted octanol–water partition coefficient (Wildman–Crippen LogP) is 6.87. The van der Waals surface area contributed by atoms with Crippen molar-refractivity contribution in [3.8, 4) is 28.5 Å². The molecule has 11 heteroatoms. The summed E-state index contributed by atoms with van der Waals surface area (Å²) in [6.45, 7) is 4.53. The van der Waals surface area contributed by atoms with E-state index in [0.717, 1.165) is 22.4 Å². The van der Waals surface area contributed by atoms with Crippen molar-refractivity contribution in [1.82, 2.24) is 19.7 Å². The predicted molar refractivity (Wildman–Crippen MR) is 152 cm³/mol. The number of benzene rings is 2. The van der Waals surface area contributed by atoms with E-state index in [1.165, 1.54) is 11.3 Å². The molecule has 0 atom stereocenters. The molecule has 0 aliphatic heterocycles. The van der Waals surface area contributed by atoms with Crippen LogP contribution in [0.25, 0.3) is 32.9 Å². The molecule has 0 radical (unpaired) electrons. The molecule has 5 aromatic rings. The normalized spacial score (nSPS) is 11.2. The minimum Gasteiger partial charge on any atom is -0.478 e. The first-order chi connectivity index (χ1) is 18.2. The number of anilines is 1. The van der Waals surface area contributed by atoms with Crippen LogP contribution in [0.2, 0.25) is 10.0 Å². The molecule has 2 N–H and O–H groups in total. The van der Waals surface area contributed by atoms with Crippen LogP contribution in [0.3, 0.4) is 0 Å². The van der Waals surface area contributed by atoms with E-state index >= 15 is 0 Å². The van der Waals surface area contributed by atoms with Crippen molar-refractivity contribution in [3.63, 3.8) is 0 Å². The third kappa shape index (κ3) is 4.92. The van der Waals surface area contributed by atoms with Gasteiger partial charge in [0.1, 0.15) is 17.3 Å². The van der Waals surface area contributed by atoms with Crippen LogP contribution in [0.1, 0.15) is 21.5 Å². The molecular weight excluding hydrogens is 545 g/mol. The monoisotopic (exact) mass is 567 g/mol. The molecule has 2 aromatic carbocycles. The Kier molecular flexibility index (Phi) is 7.25. The van der Waals surface area contributed by atoms with Crippen LogP contribution >= 0.6 is 34.5 Å². The van der Waals surface area contributed by atoms with Gasteiger partial charge in [0.05, 0.1) is 28.2 Å². The number of nitrogens with zero attached hydrogens (tertiary/aromatic N) is 4. The number of aromatic carboxylic acids is 1. The maximum Gasteiger partial charge on any atom is 0.336 e. The van der Waals surface area contributed by atoms with Gasteiger partial charge in [0.2, 0.25) is 5.88 Å². The van der Waals surface area contributed by atoms with Gasteiger partial charge in [0, 0.05) is 34.1 Å². The van der Waals surface area contributed by atoms with Gasteiger partial charge in [-0.25, -0.2) is 14.8 Å². The van der Waals surface area contributed by atoms with Gasteiger partial charge in [-0.2, -0.15) is 0 Å². The molecule has 5 rings (SSSR count). The van der Waals surface area contributed by atoms with E-state index in [4.69, 9.17) is 27.9 Å². The van der Waals surface area contributed by atoms with E-state index in [-0.39, 0.29) is 5.56 Å². The fourth-order valence-corrected chi connectivity index (χ4v) is 5.66. The van der Waals surface area contributed by atoms with Crippen molar-refractivity contribution in [3.05, 3.63) is 74.6 Å². The second kappa shape index (κ2) is 10.6. The Morgan fingerprint density at radius 1 is 1.11 bits per heavy atom. The van der Waals surface area contributed by atoms with E-state index in [9.17, 15) is 9.90 Å². The molecule has 0 aliphatic rings. The van der Waals surface area contributed by atoms with Crippen molar-refractivity contribution in [2.75, 3.05) is 18.5 Å². The highest BCUT2D eigenvalue weighted by molar-refractivity contribution is 7.17. The number of aromatic nitrogens is 4. The number of carbonyl (C=O) groups is 1. The smallest absolute Gasteiger partial charge is 0.336 e. The number of halogens is 2. The average Bonchev–Trinajstić information content (AvgIpc) is 3.40. The van der Waals surface area contributed by atoms with Crippen LogP contribution in [-0.4, -0.2) is 44.0 Å². The van der Waals surface area contributed by atoms with E-state index < -0.39 is 5.97 Å². The Balaban J connectivity index is 1.39. The summed E-state index contributed by atoms with van der Waals surface area (Å²) >= 11 is 14.2. The average molecular weight is 568 g/mol. The fraction of sp³-hybridized carbons (Fsp3) is 0.185. The lowest BCUT2D eigenvalue weighted by Gasteiger charge is -2.12.